The zero-order chi connectivity index (χ0) is 13.0. The number of carbonyl (C=O) groups is 1. The van der Waals surface area contributed by atoms with Crippen molar-refractivity contribution in [3.8, 4) is 5.75 Å². The Morgan fingerprint density at radius 2 is 1.67 bits per heavy atom. The quantitative estimate of drug-likeness (QED) is 0.510. The van der Waals surface area contributed by atoms with Gasteiger partial charge in [0.25, 0.3) is 5.91 Å². The van der Waals surface area contributed by atoms with Gasteiger partial charge in [-0.2, -0.15) is 0 Å². The smallest absolute Gasteiger partial charge is 0.272 e. The van der Waals surface area contributed by atoms with E-state index in [0.717, 1.165) is 5.01 Å². The van der Waals surface area contributed by atoms with Gasteiger partial charge in [-0.3, -0.25) is 4.79 Å². The Hall–Kier alpha value is -2.33. The highest BCUT2D eigenvalue weighted by atomic mass is 16.5. The maximum absolute atomic E-state index is 12.1. The number of para-hydroxylation sites is 1. The number of ether oxygens (including phenoxy) is 1. The Bertz CT molecular complexity index is 523. The number of anilines is 1. The van der Waals surface area contributed by atoms with Crippen LogP contribution in [0, 0.1) is 0 Å². The molecule has 18 heavy (non-hydrogen) atoms. The lowest BCUT2D eigenvalue weighted by atomic mass is 10.2. The number of nitrogens with two attached hydrogens (primary N) is 1. The minimum absolute atomic E-state index is 0.260. The Labute approximate surface area is 106 Å². The number of nitrogens with zero attached hydrogens (tertiary/aromatic N) is 1. The monoisotopic (exact) mass is 242 g/mol. The van der Waals surface area contributed by atoms with Crippen molar-refractivity contribution in [2.24, 2.45) is 5.84 Å². The molecule has 2 aromatic carbocycles. The van der Waals surface area contributed by atoms with E-state index in [2.05, 4.69) is 0 Å². The summed E-state index contributed by atoms with van der Waals surface area (Å²) in [6.07, 6.45) is 0. The first-order chi connectivity index (χ1) is 8.72. The van der Waals surface area contributed by atoms with Crippen LogP contribution in [0.5, 0.6) is 5.75 Å². The molecule has 0 aliphatic heterocycles. The van der Waals surface area contributed by atoms with Crippen molar-refractivity contribution < 1.29 is 9.53 Å². The second-order valence-corrected chi connectivity index (χ2v) is 3.74. The number of hydrazine groups is 1. The van der Waals surface area contributed by atoms with Crippen LogP contribution in [0.4, 0.5) is 5.69 Å². The van der Waals surface area contributed by atoms with Gasteiger partial charge >= 0.3 is 0 Å². The molecular weight excluding hydrogens is 228 g/mol. The Kier molecular flexibility index (Phi) is 3.60. The van der Waals surface area contributed by atoms with E-state index in [-0.39, 0.29) is 5.91 Å². The number of hydrogen-bond acceptors (Lipinski definition) is 3. The summed E-state index contributed by atoms with van der Waals surface area (Å²) in [6, 6.07) is 15.9. The number of hydrogen-bond donors (Lipinski definition) is 1. The molecule has 0 unspecified atom stereocenters. The van der Waals surface area contributed by atoms with Gasteiger partial charge in [-0.05, 0) is 36.4 Å². The average molecular weight is 242 g/mol. The molecule has 2 N–H and O–H groups in total. The lowest BCUT2D eigenvalue weighted by Crippen LogP contribution is -2.37. The first-order valence-electron chi connectivity index (χ1n) is 5.50. The molecule has 0 bridgehead atoms. The highest BCUT2D eigenvalue weighted by molar-refractivity contribution is 6.05. The van der Waals surface area contributed by atoms with Crippen molar-refractivity contribution in [3.05, 3.63) is 60.2 Å². The molecule has 92 valence electrons. The third-order valence-electron chi connectivity index (χ3n) is 2.59. The molecule has 0 aliphatic carbocycles. The lowest BCUT2D eigenvalue weighted by molar-refractivity contribution is 0.0987. The summed E-state index contributed by atoms with van der Waals surface area (Å²) in [5, 5.41) is 1.13. The summed E-state index contributed by atoms with van der Waals surface area (Å²) in [5.41, 5.74) is 1.17. The molecule has 0 fully saturated rings. The van der Waals surface area contributed by atoms with Crippen LogP contribution in [-0.4, -0.2) is 13.0 Å². The molecule has 4 heteroatoms. The van der Waals surface area contributed by atoms with Crippen LogP contribution in [0.25, 0.3) is 0 Å². The molecular formula is C14H14N2O2. The second-order valence-electron chi connectivity index (χ2n) is 3.74. The largest absolute Gasteiger partial charge is 0.497 e. The van der Waals surface area contributed by atoms with Crippen molar-refractivity contribution >= 4 is 11.6 Å². The fourth-order valence-electron chi connectivity index (χ4n) is 1.58. The topological polar surface area (TPSA) is 55.6 Å². The first-order valence-corrected chi connectivity index (χ1v) is 5.50. The van der Waals surface area contributed by atoms with E-state index in [1.807, 2.05) is 18.2 Å². The van der Waals surface area contributed by atoms with Gasteiger partial charge in [0.1, 0.15) is 5.75 Å². The molecule has 0 heterocycles. The standard InChI is InChI=1S/C14H14N2O2/c1-18-13-9-7-11(8-10-13)14(17)16(15)12-5-3-2-4-6-12/h2-10H,15H2,1H3. The lowest BCUT2D eigenvalue weighted by Gasteiger charge is -2.16. The molecule has 0 atom stereocenters. The summed E-state index contributed by atoms with van der Waals surface area (Å²) in [7, 11) is 1.58. The Morgan fingerprint density at radius 3 is 2.22 bits per heavy atom. The van der Waals surface area contributed by atoms with Gasteiger partial charge in [0.15, 0.2) is 0 Å². The van der Waals surface area contributed by atoms with Gasteiger partial charge in [0, 0.05) is 5.56 Å². The summed E-state index contributed by atoms with van der Waals surface area (Å²) in [6.45, 7) is 0. The van der Waals surface area contributed by atoms with Crippen molar-refractivity contribution in [1.82, 2.24) is 0 Å². The van der Waals surface area contributed by atoms with Gasteiger partial charge in [0.2, 0.25) is 0 Å². The summed E-state index contributed by atoms with van der Waals surface area (Å²) in [5.74, 6) is 6.24. The van der Waals surface area contributed by atoms with Crippen molar-refractivity contribution in [3.63, 3.8) is 0 Å². The first kappa shape index (κ1) is 12.1. The van der Waals surface area contributed by atoms with E-state index >= 15 is 0 Å². The van der Waals surface area contributed by atoms with Crippen LogP contribution >= 0.6 is 0 Å². The molecule has 0 spiro atoms. The van der Waals surface area contributed by atoms with E-state index in [9.17, 15) is 4.79 Å². The minimum atomic E-state index is -0.260. The van der Waals surface area contributed by atoms with Gasteiger partial charge < -0.3 is 4.74 Å². The number of rotatable bonds is 3. The highest BCUT2D eigenvalue weighted by Crippen LogP contribution is 2.16. The van der Waals surface area contributed by atoms with E-state index < -0.39 is 0 Å². The molecule has 2 aromatic rings. The molecule has 0 aliphatic rings. The Morgan fingerprint density at radius 1 is 1.06 bits per heavy atom. The van der Waals surface area contributed by atoms with E-state index in [0.29, 0.717) is 17.0 Å². The van der Waals surface area contributed by atoms with E-state index in [1.165, 1.54) is 0 Å². The van der Waals surface area contributed by atoms with Crippen molar-refractivity contribution in [2.45, 2.75) is 0 Å². The number of amides is 1. The van der Waals surface area contributed by atoms with Gasteiger partial charge in [-0.25, -0.2) is 10.9 Å². The average Bonchev–Trinajstić information content (AvgIpc) is 2.47. The number of methoxy groups -OCH3 is 1. The van der Waals surface area contributed by atoms with E-state index in [4.69, 9.17) is 10.6 Å². The molecule has 0 saturated carbocycles. The summed E-state index contributed by atoms with van der Waals surface area (Å²) < 4.78 is 5.04. The fourth-order valence-corrected chi connectivity index (χ4v) is 1.58. The third kappa shape index (κ3) is 2.49. The fraction of sp³-hybridized carbons (Fsp3) is 0.0714. The number of benzene rings is 2. The Balaban J connectivity index is 2.20. The molecule has 1 amide bonds. The SMILES string of the molecule is COc1ccc(C(=O)N(N)c2ccccc2)cc1. The molecule has 4 nitrogen and oxygen atoms in total. The molecule has 0 radical (unpaired) electrons. The maximum atomic E-state index is 12.1. The van der Waals surface area contributed by atoms with Crippen molar-refractivity contribution in [1.29, 1.82) is 0 Å². The van der Waals surface area contributed by atoms with Crippen LogP contribution < -0.4 is 15.6 Å². The molecule has 0 aromatic heterocycles. The maximum Gasteiger partial charge on any atom is 0.272 e. The van der Waals surface area contributed by atoms with Crippen LogP contribution in [0.3, 0.4) is 0 Å². The minimum Gasteiger partial charge on any atom is -0.497 e. The van der Waals surface area contributed by atoms with E-state index in [1.54, 1.807) is 43.5 Å². The third-order valence-corrected chi connectivity index (χ3v) is 2.59. The van der Waals surface area contributed by atoms with Gasteiger partial charge in [0.05, 0.1) is 12.8 Å². The zero-order valence-corrected chi connectivity index (χ0v) is 10.0. The molecule has 0 saturated heterocycles. The summed E-state index contributed by atoms with van der Waals surface area (Å²) in [4.78, 5) is 12.1. The zero-order valence-electron chi connectivity index (χ0n) is 10.0. The van der Waals surface area contributed by atoms with Gasteiger partial charge in [-0.1, -0.05) is 18.2 Å². The second kappa shape index (κ2) is 5.33. The summed E-state index contributed by atoms with van der Waals surface area (Å²) >= 11 is 0. The predicted octanol–water partition coefficient (Wildman–Crippen LogP) is 2.22. The van der Waals surface area contributed by atoms with Crippen LogP contribution in [0.1, 0.15) is 10.4 Å². The van der Waals surface area contributed by atoms with Gasteiger partial charge in [-0.15, -0.1) is 0 Å². The van der Waals surface area contributed by atoms with Crippen molar-refractivity contribution in [2.75, 3.05) is 12.1 Å². The van der Waals surface area contributed by atoms with Crippen LogP contribution in [-0.2, 0) is 0 Å². The van der Waals surface area contributed by atoms with Crippen LogP contribution in [0.2, 0.25) is 0 Å². The highest BCUT2D eigenvalue weighted by Gasteiger charge is 2.13. The van der Waals surface area contributed by atoms with Crippen LogP contribution in [0.15, 0.2) is 54.6 Å². The number of carbonyl (C=O) groups excluding carboxylic acids is 1. The molecule has 2 rings (SSSR count). The predicted molar refractivity (Wildman–Crippen MR) is 70.4 cm³/mol. The normalized spacial score (nSPS) is 9.89.